The Hall–Kier alpha value is -1.86. The molecular formula is C17H21FN2O. The average Bonchev–Trinajstić information content (AvgIpc) is 2.98. The molecule has 1 aliphatic rings. The molecule has 1 aromatic rings. The lowest BCUT2D eigenvalue weighted by Crippen LogP contribution is -2.26. The highest BCUT2D eigenvalue weighted by atomic mass is 19.1. The molecule has 0 heterocycles. The largest absolute Gasteiger partial charge is 0.352 e. The van der Waals surface area contributed by atoms with Crippen molar-refractivity contribution in [3.05, 3.63) is 35.1 Å². The number of hydrogen-bond donors (Lipinski definition) is 2. The van der Waals surface area contributed by atoms with Crippen molar-refractivity contribution < 1.29 is 9.18 Å². The maximum atomic E-state index is 13.3. The van der Waals surface area contributed by atoms with E-state index in [9.17, 15) is 9.18 Å². The molecule has 21 heavy (non-hydrogen) atoms. The van der Waals surface area contributed by atoms with E-state index in [1.165, 1.54) is 43.9 Å². The van der Waals surface area contributed by atoms with E-state index in [2.05, 4.69) is 17.2 Å². The van der Waals surface area contributed by atoms with Gasteiger partial charge in [0.2, 0.25) is 0 Å². The number of benzene rings is 1. The summed E-state index contributed by atoms with van der Waals surface area (Å²) in [6.07, 6.45) is 6.14. The lowest BCUT2D eigenvalue weighted by molar-refractivity contribution is 0.0951. The van der Waals surface area contributed by atoms with Crippen molar-refractivity contribution in [1.29, 1.82) is 0 Å². The SMILES string of the molecule is NCC#Cc1cc(F)ccc1C(=O)NCCC1CCCC1. The van der Waals surface area contributed by atoms with Gasteiger partial charge < -0.3 is 11.1 Å². The zero-order valence-corrected chi connectivity index (χ0v) is 12.1. The quantitative estimate of drug-likeness (QED) is 0.836. The van der Waals surface area contributed by atoms with Gasteiger partial charge in [-0.1, -0.05) is 37.5 Å². The Bertz CT molecular complexity index is 554. The molecule has 3 N–H and O–H groups in total. The maximum Gasteiger partial charge on any atom is 0.252 e. The van der Waals surface area contributed by atoms with Crippen molar-refractivity contribution in [2.24, 2.45) is 11.7 Å². The predicted octanol–water partition coefficient (Wildman–Crippen LogP) is 2.45. The minimum absolute atomic E-state index is 0.180. The number of carbonyl (C=O) groups is 1. The van der Waals surface area contributed by atoms with Crippen LogP contribution in [0, 0.1) is 23.6 Å². The van der Waals surface area contributed by atoms with Crippen LogP contribution in [0.4, 0.5) is 4.39 Å². The van der Waals surface area contributed by atoms with Gasteiger partial charge in [-0.3, -0.25) is 4.79 Å². The van der Waals surface area contributed by atoms with Crippen LogP contribution in [0.2, 0.25) is 0 Å². The Morgan fingerprint density at radius 3 is 2.86 bits per heavy atom. The molecule has 0 aromatic heterocycles. The van der Waals surface area contributed by atoms with Gasteiger partial charge in [0.1, 0.15) is 5.82 Å². The van der Waals surface area contributed by atoms with Crippen molar-refractivity contribution in [1.82, 2.24) is 5.32 Å². The molecule has 1 aliphatic carbocycles. The Labute approximate surface area is 125 Å². The van der Waals surface area contributed by atoms with E-state index in [1.54, 1.807) is 0 Å². The minimum Gasteiger partial charge on any atom is -0.352 e. The van der Waals surface area contributed by atoms with Gasteiger partial charge in [-0.25, -0.2) is 4.39 Å². The molecule has 0 radical (unpaired) electrons. The summed E-state index contributed by atoms with van der Waals surface area (Å²) in [4.78, 5) is 12.2. The minimum atomic E-state index is -0.404. The number of amides is 1. The fraction of sp³-hybridized carbons (Fsp3) is 0.471. The van der Waals surface area contributed by atoms with Crippen molar-refractivity contribution in [2.45, 2.75) is 32.1 Å². The van der Waals surface area contributed by atoms with E-state index in [4.69, 9.17) is 5.73 Å². The molecule has 0 aliphatic heterocycles. The second-order valence-corrected chi connectivity index (χ2v) is 5.39. The topological polar surface area (TPSA) is 55.1 Å². The zero-order chi connectivity index (χ0) is 15.1. The zero-order valence-electron chi connectivity index (χ0n) is 12.1. The lowest BCUT2D eigenvalue weighted by atomic mass is 10.0. The van der Waals surface area contributed by atoms with Gasteiger partial charge in [-0.15, -0.1) is 0 Å². The molecule has 0 atom stereocenters. The number of hydrogen-bond acceptors (Lipinski definition) is 2. The Morgan fingerprint density at radius 2 is 2.14 bits per heavy atom. The fourth-order valence-electron chi connectivity index (χ4n) is 2.75. The van der Waals surface area contributed by atoms with Gasteiger partial charge in [-0.05, 0) is 30.5 Å². The molecule has 1 aromatic carbocycles. The van der Waals surface area contributed by atoms with Gasteiger partial charge in [0.25, 0.3) is 5.91 Å². The van der Waals surface area contributed by atoms with Crippen LogP contribution >= 0.6 is 0 Å². The van der Waals surface area contributed by atoms with Gasteiger partial charge >= 0.3 is 0 Å². The van der Waals surface area contributed by atoms with Crippen molar-refractivity contribution in [2.75, 3.05) is 13.1 Å². The van der Waals surface area contributed by atoms with E-state index < -0.39 is 5.82 Å². The molecule has 4 heteroatoms. The first-order valence-electron chi connectivity index (χ1n) is 7.47. The number of rotatable bonds is 4. The van der Waals surface area contributed by atoms with E-state index in [0.717, 1.165) is 12.3 Å². The number of nitrogens with two attached hydrogens (primary N) is 1. The number of carbonyl (C=O) groups excluding carboxylic acids is 1. The third-order valence-electron chi connectivity index (χ3n) is 3.86. The summed E-state index contributed by atoms with van der Waals surface area (Å²) in [5, 5.41) is 2.90. The third-order valence-corrected chi connectivity index (χ3v) is 3.86. The van der Waals surface area contributed by atoms with Crippen molar-refractivity contribution >= 4 is 5.91 Å². The van der Waals surface area contributed by atoms with Crippen molar-refractivity contribution in [3.8, 4) is 11.8 Å². The summed E-state index contributed by atoms with van der Waals surface area (Å²) in [6.45, 7) is 0.837. The molecule has 112 valence electrons. The molecule has 0 unspecified atom stereocenters. The molecule has 1 saturated carbocycles. The summed E-state index contributed by atoms with van der Waals surface area (Å²) in [5.74, 6) is 5.54. The first-order chi connectivity index (χ1) is 10.2. The van der Waals surface area contributed by atoms with Crippen LogP contribution in [0.5, 0.6) is 0 Å². The molecule has 3 nitrogen and oxygen atoms in total. The van der Waals surface area contributed by atoms with Crippen LogP contribution in [-0.2, 0) is 0 Å². The second kappa shape index (κ2) is 7.80. The normalized spacial score (nSPS) is 14.6. The van der Waals surface area contributed by atoms with Gasteiger partial charge in [0, 0.05) is 12.1 Å². The molecule has 0 spiro atoms. The Morgan fingerprint density at radius 1 is 1.38 bits per heavy atom. The second-order valence-electron chi connectivity index (χ2n) is 5.39. The third kappa shape index (κ3) is 4.57. The molecule has 2 rings (SSSR count). The van der Waals surface area contributed by atoms with Crippen LogP contribution in [0.1, 0.15) is 48.0 Å². The summed E-state index contributed by atoms with van der Waals surface area (Å²) in [7, 11) is 0. The van der Waals surface area contributed by atoms with Gasteiger partial charge in [-0.2, -0.15) is 0 Å². The molecule has 0 bridgehead atoms. The first kappa shape index (κ1) is 15.5. The Kier molecular flexibility index (Phi) is 5.77. The maximum absolute atomic E-state index is 13.3. The average molecular weight is 288 g/mol. The van der Waals surface area contributed by atoms with Crippen LogP contribution in [-0.4, -0.2) is 19.0 Å². The van der Waals surface area contributed by atoms with E-state index in [1.807, 2.05) is 0 Å². The molecule has 1 fully saturated rings. The molecule has 0 saturated heterocycles. The molecule has 1 amide bonds. The van der Waals surface area contributed by atoms with Crippen molar-refractivity contribution in [3.63, 3.8) is 0 Å². The highest BCUT2D eigenvalue weighted by molar-refractivity contribution is 5.96. The predicted molar refractivity (Wildman–Crippen MR) is 81.2 cm³/mol. The summed E-state index contributed by atoms with van der Waals surface area (Å²) in [6, 6.07) is 4.02. The number of halogens is 1. The van der Waals surface area contributed by atoms with Crippen LogP contribution in [0.3, 0.4) is 0 Å². The van der Waals surface area contributed by atoms with E-state index >= 15 is 0 Å². The van der Waals surface area contributed by atoms with E-state index in [0.29, 0.717) is 17.7 Å². The highest BCUT2D eigenvalue weighted by Gasteiger charge is 2.16. The molecular weight excluding hydrogens is 267 g/mol. The van der Waals surface area contributed by atoms with Gasteiger partial charge in [0.05, 0.1) is 12.1 Å². The smallest absolute Gasteiger partial charge is 0.252 e. The first-order valence-corrected chi connectivity index (χ1v) is 7.47. The lowest BCUT2D eigenvalue weighted by Gasteiger charge is -2.10. The highest BCUT2D eigenvalue weighted by Crippen LogP contribution is 2.26. The fourth-order valence-corrected chi connectivity index (χ4v) is 2.75. The standard InChI is InChI=1S/C17H21FN2O/c18-15-7-8-16(14(12-15)6-3-10-19)17(21)20-11-9-13-4-1-2-5-13/h7-8,12-13H,1-2,4-5,9-11,19H2,(H,20,21). The van der Waals surface area contributed by atoms with Crippen LogP contribution in [0.25, 0.3) is 0 Å². The van der Waals surface area contributed by atoms with Gasteiger partial charge in [0.15, 0.2) is 0 Å². The summed E-state index contributed by atoms with van der Waals surface area (Å²) < 4.78 is 13.3. The summed E-state index contributed by atoms with van der Waals surface area (Å²) >= 11 is 0. The van der Waals surface area contributed by atoms with Crippen LogP contribution in [0.15, 0.2) is 18.2 Å². The number of nitrogens with one attached hydrogen (secondary N) is 1. The summed E-state index contributed by atoms with van der Waals surface area (Å²) in [5.41, 5.74) is 6.12. The van der Waals surface area contributed by atoms with Crippen LogP contribution < -0.4 is 11.1 Å². The van der Waals surface area contributed by atoms with E-state index in [-0.39, 0.29) is 12.5 Å². The Balaban J connectivity index is 1.97. The monoisotopic (exact) mass is 288 g/mol.